The molecule has 1 aliphatic rings. The van der Waals surface area contributed by atoms with Gasteiger partial charge in [-0.25, -0.2) is 4.99 Å². The molecule has 4 nitrogen and oxygen atoms in total. The van der Waals surface area contributed by atoms with Gasteiger partial charge in [0, 0.05) is 31.4 Å². The molecule has 2 aromatic carbocycles. The van der Waals surface area contributed by atoms with E-state index in [9.17, 15) is 0 Å². The van der Waals surface area contributed by atoms with E-state index in [0.29, 0.717) is 12.0 Å². The summed E-state index contributed by atoms with van der Waals surface area (Å²) in [7, 11) is 2.02. The van der Waals surface area contributed by atoms with Crippen LogP contribution in [-0.4, -0.2) is 28.8 Å². The minimum atomic E-state index is 0.372. The Labute approximate surface area is 212 Å². The van der Waals surface area contributed by atoms with E-state index in [-0.39, 0.29) is 0 Å². The number of aryl methyl sites for hydroxylation is 1. The van der Waals surface area contributed by atoms with Gasteiger partial charge in [0.15, 0.2) is 5.96 Å². The van der Waals surface area contributed by atoms with Crippen LogP contribution in [0.1, 0.15) is 68.7 Å². The minimum Gasteiger partial charge on any atom is -0.369 e. The topological polar surface area (TPSA) is 44.9 Å². The zero-order valence-corrected chi connectivity index (χ0v) is 22.2. The molecule has 3 rings (SSSR count). The zero-order valence-electron chi connectivity index (χ0n) is 22.2. The number of rotatable bonds is 10. The first-order chi connectivity index (χ1) is 16.9. The van der Waals surface area contributed by atoms with Crippen LogP contribution in [-0.2, 0) is 13.1 Å². The Morgan fingerprint density at radius 1 is 1.20 bits per heavy atom. The number of nitrogens with two attached hydrogens (primary N) is 1. The zero-order chi connectivity index (χ0) is 25.4. The van der Waals surface area contributed by atoms with Gasteiger partial charge in [-0.1, -0.05) is 68.0 Å². The van der Waals surface area contributed by atoms with Crippen molar-refractivity contribution in [3.05, 3.63) is 95.1 Å². The highest BCUT2D eigenvalue weighted by Crippen LogP contribution is 2.39. The van der Waals surface area contributed by atoms with Gasteiger partial charge in [-0.2, -0.15) is 0 Å². The molecule has 35 heavy (non-hydrogen) atoms. The van der Waals surface area contributed by atoms with Crippen molar-refractivity contribution in [3.63, 3.8) is 0 Å². The second kappa shape index (κ2) is 12.4. The van der Waals surface area contributed by atoms with Crippen LogP contribution in [0.2, 0.25) is 0 Å². The molecule has 2 aromatic rings. The monoisotopic (exact) mass is 470 g/mol. The van der Waals surface area contributed by atoms with Gasteiger partial charge >= 0.3 is 0 Å². The molecule has 0 spiro atoms. The molecular formula is C31H42N4. The van der Waals surface area contributed by atoms with Crippen molar-refractivity contribution >= 4 is 17.3 Å². The molecule has 1 unspecified atom stereocenters. The lowest BCUT2D eigenvalue weighted by Gasteiger charge is -2.32. The summed E-state index contributed by atoms with van der Waals surface area (Å²) in [5.41, 5.74) is 15.3. The largest absolute Gasteiger partial charge is 0.369 e. The van der Waals surface area contributed by atoms with E-state index >= 15 is 0 Å². The van der Waals surface area contributed by atoms with Crippen LogP contribution in [0, 0.1) is 6.92 Å². The summed E-state index contributed by atoms with van der Waals surface area (Å²) in [5, 5.41) is 0. The third kappa shape index (κ3) is 6.45. The van der Waals surface area contributed by atoms with Crippen molar-refractivity contribution in [3.8, 4) is 0 Å². The van der Waals surface area contributed by atoms with Crippen molar-refractivity contribution in [1.82, 2.24) is 9.80 Å². The highest BCUT2D eigenvalue weighted by Gasteiger charge is 2.31. The maximum atomic E-state index is 6.41. The van der Waals surface area contributed by atoms with Crippen LogP contribution < -0.4 is 5.73 Å². The first-order valence-corrected chi connectivity index (χ1v) is 12.9. The predicted octanol–water partition coefficient (Wildman–Crippen LogP) is 7.33. The lowest BCUT2D eigenvalue weighted by Crippen LogP contribution is -2.33. The van der Waals surface area contributed by atoms with E-state index in [1.165, 1.54) is 33.5 Å². The molecule has 2 N–H and O–H groups in total. The third-order valence-electron chi connectivity index (χ3n) is 6.70. The Balaban J connectivity index is 1.92. The van der Waals surface area contributed by atoms with E-state index in [1.54, 1.807) is 0 Å². The average molecular weight is 471 g/mol. The summed E-state index contributed by atoms with van der Waals surface area (Å²) in [6, 6.07) is 15.2. The number of fused-ring (bicyclic) bond motifs is 1. The van der Waals surface area contributed by atoms with Gasteiger partial charge in [-0.15, -0.1) is 6.58 Å². The predicted molar refractivity (Wildman–Crippen MR) is 151 cm³/mol. The smallest absolute Gasteiger partial charge is 0.196 e. The highest BCUT2D eigenvalue weighted by atomic mass is 15.2. The second-order valence-electron chi connectivity index (χ2n) is 9.47. The maximum Gasteiger partial charge on any atom is 0.196 e. The van der Waals surface area contributed by atoms with Crippen LogP contribution >= 0.6 is 0 Å². The number of guanidine groups is 1. The number of hydrogen-bond acceptors (Lipinski definition) is 2. The van der Waals surface area contributed by atoms with Crippen molar-refractivity contribution in [2.75, 3.05) is 7.05 Å². The Morgan fingerprint density at radius 2 is 1.97 bits per heavy atom. The van der Waals surface area contributed by atoms with Gasteiger partial charge in [-0.05, 0) is 68.4 Å². The molecule has 0 aliphatic carbocycles. The molecular weight excluding hydrogens is 428 g/mol. The first-order valence-electron chi connectivity index (χ1n) is 12.9. The molecule has 4 heteroatoms. The molecule has 0 saturated heterocycles. The number of allylic oxidation sites excluding steroid dienone is 3. The number of nitrogens with zero attached hydrogens (tertiary/aromatic N) is 3. The fourth-order valence-electron chi connectivity index (χ4n) is 4.93. The number of hydrogen-bond donors (Lipinski definition) is 1. The van der Waals surface area contributed by atoms with Crippen LogP contribution in [0.15, 0.2) is 77.8 Å². The molecule has 186 valence electrons. The molecule has 0 bridgehead atoms. The van der Waals surface area contributed by atoms with Gasteiger partial charge in [0.2, 0.25) is 0 Å². The molecule has 0 fully saturated rings. The molecule has 0 aromatic heterocycles. The van der Waals surface area contributed by atoms with Gasteiger partial charge in [-0.3, -0.25) is 0 Å². The van der Waals surface area contributed by atoms with Gasteiger partial charge in [0.05, 0.1) is 11.7 Å². The maximum absolute atomic E-state index is 6.41. The molecule has 1 heterocycles. The Bertz CT molecular complexity index is 1110. The van der Waals surface area contributed by atoms with Gasteiger partial charge in [0.1, 0.15) is 0 Å². The van der Waals surface area contributed by atoms with Crippen LogP contribution in [0.4, 0.5) is 5.69 Å². The van der Waals surface area contributed by atoms with E-state index in [1.807, 2.05) is 30.2 Å². The first kappa shape index (κ1) is 26.3. The normalized spacial score (nSPS) is 15.9. The Morgan fingerprint density at radius 3 is 2.66 bits per heavy atom. The summed E-state index contributed by atoms with van der Waals surface area (Å²) in [6.07, 6.45) is 10.9. The van der Waals surface area contributed by atoms with Crippen LogP contribution in [0.25, 0.3) is 5.70 Å². The summed E-state index contributed by atoms with van der Waals surface area (Å²) in [4.78, 5) is 9.30. The van der Waals surface area contributed by atoms with Crippen molar-refractivity contribution < 1.29 is 0 Å². The highest BCUT2D eigenvalue weighted by molar-refractivity contribution is 5.81. The van der Waals surface area contributed by atoms with E-state index in [2.05, 4.69) is 86.7 Å². The summed E-state index contributed by atoms with van der Waals surface area (Å²) < 4.78 is 0. The minimum absolute atomic E-state index is 0.372. The summed E-state index contributed by atoms with van der Waals surface area (Å²) in [5.74, 6) is 0.526. The van der Waals surface area contributed by atoms with Crippen molar-refractivity contribution in [2.45, 2.75) is 72.5 Å². The number of aliphatic imine (C=N–C) groups is 1. The van der Waals surface area contributed by atoms with Crippen LogP contribution in [0.3, 0.4) is 0 Å². The van der Waals surface area contributed by atoms with Gasteiger partial charge in [0.25, 0.3) is 0 Å². The summed E-state index contributed by atoms with van der Waals surface area (Å²) >= 11 is 0. The third-order valence-corrected chi connectivity index (χ3v) is 6.70. The lowest BCUT2D eigenvalue weighted by atomic mass is 10.00. The van der Waals surface area contributed by atoms with Gasteiger partial charge < -0.3 is 15.5 Å². The SMILES string of the molecule is C=CCCC(/C(C)=C/CC)N1Cc2c(CN(C)C(N)=Nc3cccc(C)c3)cccc2/C1=C\CC. The van der Waals surface area contributed by atoms with E-state index in [0.717, 1.165) is 44.5 Å². The molecule has 1 aliphatic heterocycles. The van der Waals surface area contributed by atoms with E-state index in [4.69, 9.17) is 5.73 Å². The molecule has 0 radical (unpaired) electrons. The molecule has 1 atom stereocenters. The van der Waals surface area contributed by atoms with Crippen molar-refractivity contribution in [2.24, 2.45) is 10.7 Å². The fraction of sp³-hybridized carbons (Fsp3) is 0.387. The average Bonchev–Trinajstić information content (AvgIpc) is 3.19. The summed E-state index contributed by atoms with van der Waals surface area (Å²) in [6.45, 7) is 14.4. The Kier molecular flexibility index (Phi) is 9.36. The van der Waals surface area contributed by atoms with E-state index < -0.39 is 0 Å². The number of benzene rings is 2. The Hall–Kier alpha value is -3.27. The molecule has 0 amide bonds. The fourth-order valence-corrected chi connectivity index (χ4v) is 4.93. The second-order valence-corrected chi connectivity index (χ2v) is 9.47. The van der Waals surface area contributed by atoms with Crippen molar-refractivity contribution in [1.29, 1.82) is 0 Å². The molecule has 0 saturated carbocycles. The standard InChI is InChI=1S/C31H42N4/c1-7-10-19-29(24(5)13-8-2)35-22-28-25(16-12-18-27(28)30(35)14-9-3)21-34(6)31(32)33-26-17-11-15-23(4)20-26/h7,11-18,20,29H,1,8-10,19,21-22H2,2-6H3,(H2,32,33)/b24-13+,30-14+. The van der Waals surface area contributed by atoms with Crippen LogP contribution in [0.5, 0.6) is 0 Å². The lowest BCUT2D eigenvalue weighted by molar-refractivity contribution is 0.317. The quantitative estimate of drug-likeness (QED) is 0.225.